The van der Waals surface area contributed by atoms with Gasteiger partial charge in [0.25, 0.3) is 5.91 Å². The zero-order chi connectivity index (χ0) is 19.4. The van der Waals surface area contributed by atoms with Crippen LogP contribution in [0.4, 0.5) is 5.69 Å². The molecule has 0 aliphatic rings. The first kappa shape index (κ1) is 18.5. The highest BCUT2D eigenvalue weighted by molar-refractivity contribution is 5.98. The molecule has 0 N–H and O–H groups in total. The van der Waals surface area contributed by atoms with E-state index in [-0.39, 0.29) is 5.91 Å². The number of amides is 1. The molecule has 5 nitrogen and oxygen atoms in total. The number of benzene rings is 2. The monoisotopic (exact) mass is 362 g/mol. The van der Waals surface area contributed by atoms with Gasteiger partial charge in [-0.2, -0.15) is 0 Å². The third-order valence-electron chi connectivity index (χ3n) is 4.43. The molecule has 0 aliphatic heterocycles. The molecule has 5 heteroatoms. The van der Waals surface area contributed by atoms with Crippen molar-refractivity contribution in [3.05, 3.63) is 84.2 Å². The maximum atomic E-state index is 12.6. The first-order chi connectivity index (χ1) is 13.0. The first-order valence-electron chi connectivity index (χ1n) is 8.75. The number of likely N-dealkylation sites (N-methyl/N-ethyl adjacent to an activating group) is 1. The predicted molar refractivity (Wildman–Crippen MR) is 105 cm³/mol. The smallest absolute Gasteiger partial charge is 0.338 e. The molecule has 27 heavy (non-hydrogen) atoms. The average Bonchev–Trinajstić information content (AvgIpc) is 3.22. The molecule has 0 radical (unpaired) electrons. The van der Waals surface area contributed by atoms with Gasteiger partial charge in [0.05, 0.1) is 5.56 Å². The van der Waals surface area contributed by atoms with Crippen LogP contribution in [-0.2, 0) is 9.53 Å². The highest BCUT2D eigenvalue weighted by atomic mass is 16.5. The molecule has 0 aliphatic carbocycles. The van der Waals surface area contributed by atoms with Gasteiger partial charge in [-0.15, -0.1) is 0 Å². The zero-order valence-electron chi connectivity index (χ0n) is 15.6. The van der Waals surface area contributed by atoms with Crippen molar-refractivity contribution < 1.29 is 14.3 Å². The van der Waals surface area contributed by atoms with E-state index in [0.717, 1.165) is 16.9 Å². The van der Waals surface area contributed by atoms with Gasteiger partial charge in [-0.05, 0) is 55.8 Å². The molecule has 0 bridgehead atoms. The number of anilines is 1. The van der Waals surface area contributed by atoms with E-state index in [1.54, 1.807) is 26.1 Å². The summed E-state index contributed by atoms with van der Waals surface area (Å²) in [6.45, 7) is 3.56. The lowest BCUT2D eigenvalue weighted by molar-refractivity contribution is -0.126. The molecule has 1 amide bonds. The van der Waals surface area contributed by atoms with Crippen molar-refractivity contribution >= 4 is 17.6 Å². The second kappa shape index (κ2) is 7.91. The quantitative estimate of drug-likeness (QED) is 0.645. The largest absolute Gasteiger partial charge is 0.449 e. The van der Waals surface area contributed by atoms with Gasteiger partial charge in [-0.1, -0.05) is 24.3 Å². The summed E-state index contributed by atoms with van der Waals surface area (Å²) in [7, 11) is 1.66. The van der Waals surface area contributed by atoms with E-state index in [9.17, 15) is 9.59 Å². The van der Waals surface area contributed by atoms with E-state index in [0.29, 0.717) is 5.56 Å². The Morgan fingerprint density at radius 2 is 1.67 bits per heavy atom. The summed E-state index contributed by atoms with van der Waals surface area (Å²) in [6, 6.07) is 18.4. The Kier molecular flexibility index (Phi) is 5.41. The number of hydrogen-bond donors (Lipinski definition) is 0. The van der Waals surface area contributed by atoms with Crippen LogP contribution in [0.25, 0.3) is 5.69 Å². The molecule has 3 aromatic rings. The van der Waals surface area contributed by atoms with Crippen molar-refractivity contribution in [1.29, 1.82) is 0 Å². The number of esters is 1. The van der Waals surface area contributed by atoms with Crippen LogP contribution in [0.2, 0.25) is 0 Å². The Morgan fingerprint density at radius 3 is 2.33 bits per heavy atom. The van der Waals surface area contributed by atoms with E-state index >= 15 is 0 Å². The lowest BCUT2D eigenvalue weighted by Gasteiger charge is -2.21. The van der Waals surface area contributed by atoms with Gasteiger partial charge < -0.3 is 14.2 Å². The molecule has 0 fully saturated rings. The lowest BCUT2D eigenvalue weighted by atomic mass is 10.1. The van der Waals surface area contributed by atoms with E-state index in [2.05, 4.69) is 0 Å². The van der Waals surface area contributed by atoms with Crippen molar-refractivity contribution in [3.63, 3.8) is 0 Å². The highest BCUT2D eigenvalue weighted by Gasteiger charge is 2.23. The van der Waals surface area contributed by atoms with Crippen LogP contribution < -0.4 is 4.90 Å². The number of aromatic nitrogens is 1. The fraction of sp³-hybridized carbons (Fsp3) is 0.182. The van der Waals surface area contributed by atoms with Gasteiger partial charge in [0.1, 0.15) is 0 Å². The fourth-order valence-electron chi connectivity index (χ4n) is 2.84. The first-order valence-corrected chi connectivity index (χ1v) is 8.75. The minimum Gasteiger partial charge on any atom is -0.449 e. The second-order valence-electron chi connectivity index (χ2n) is 6.37. The van der Waals surface area contributed by atoms with Crippen molar-refractivity contribution in [2.45, 2.75) is 20.0 Å². The Balaban J connectivity index is 1.73. The number of carbonyl (C=O) groups is 2. The Morgan fingerprint density at radius 1 is 1.00 bits per heavy atom. The Hall–Kier alpha value is -3.34. The molecule has 1 atom stereocenters. The molecular weight excluding hydrogens is 340 g/mol. The van der Waals surface area contributed by atoms with E-state index in [1.165, 1.54) is 4.90 Å². The molecular formula is C22H22N2O3. The summed E-state index contributed by atoms with van der Waals surface area (Å²) in [5.74, 6) is -0.807. The number of aryl methyl sites for hydroxylation is 1. The summed E-state index contributed by atoms with van der Waals surface area (Å²) in [4.78, 5) is 26.6. The Labute approximate surface area is 158 Å². The SMILES string of the molecule is Cc1ccc(C(=O)OC(C)C(=O)N(C)c2ccccc2)cc1-n1cccc1. The normalized spacial score (nSPS) is 11.7. The van der Waals surface area contributed by atoms with Crippen LogP contribution in [0.5, 0.6) is 0 Å². The molecule has 2 aromatic carbocycles. The molecule has 1 aromatic heterocycles. The standard InChI is InChI=1S/C22H22N2O3/c1-16-11-12-18(15-20(16)24-13-7-8-14-24)22(26)27-17(2)21(25)23(3)19-9-5-4-6-10-19/h4-15,17H,1-3H3. The second-order valence-corrected chi connectivity index (χ2v) is 6.37. The number of carbonyl (C=O) groups excluding carboxylic acids is 2. The van der Waals surface area contributed by atoms with Crippen molar-refractivity contribution in [3.8, 4) is 5.69 Å². The van der Waals surface area contributed by atoms with E-state index in [4.69, 9.17) is 4.74 Å². The van der Waals surface area contributed by atoms with Crippen molar-refractivity contribution in [2.75, 3.05) is 11.9 Å². The van der Waals surface area contributed by atoms with Crippen LogP contribution in [0.15, 0.2) is 73.1 Å². The lowest BCUT2D eigenvalue weighted by Crippen LogP contribution is -2.37. The zero-order valence-corrected chi connectivity index (χ0v) is 15.6. The molecule has 1 heterocycles. The molecule has 0 spiro atoms. The van der Waals surface area contributed by atoms with E-state index in [1.807, 2.05) is 72.4 Å². The summed E-state index contributed by atoms with van der Waals surface area (Å²) < 4.78 is 7.35. The van der Waals surface area contributed by atoms with Crippen LogP contribution in [0, 0.1) is 6.92 Å². The molecule has 1 unspecified atom stereocenters. The van der Waals surface area contributed by atoms with Crippen LogP contribution in [-0.4, -0.2) is 29.6 Å². The van der Waals surface area contributed by atoms with Gasteiger partial charge >= 0.3 is 5.97 Å². The molecule has 138 valence electrons. The Bertz CT molecular complexity index is 933. The molecule has 0 saturated carbocycles. The molecule has 0 saturated heterocycles. The van der Waals surface area contributed by atoms with Gasteiger partial charge in [0.2, 0.25) is 0 Å². The topological polar surface area (TPSA) is 51.5 Å². The maximum Gasteiger partial charge on any atom is 0.338 e. The number of hydrogen-bond acceptors (Lipinski definition) is 3. The average molecular weight is 362 g/mol. The summed E-state index contributed by atoms with van der Waals surface area (Å²) in [5.41, 5.74) is 3.09. The minimum atomic E-state index is -0.890. The highest BCUT2D eigenvalue weighted by Crippen LogP contribution is 2.18. The van der Waals surface area contributed by atoms with Crippen LogP contribution in [0.3, 0.4) is 0 Å². The number of nitrogens with zero attached hydrogens (tertiary/aromatic N) is 2. The van der Waals surface area contributed by atoms with Gasteiger partial charge in [-0.3, -0.25) is 4.79 Å². The summed E-state index contributed by atoms with van der Waals surface area (Å²) >= 11 is 0. The van der Waals surface area contributed by atoms with Crippen molar-refractivity contribution in [1.82, 2.24) is 4.57 Å². The van der Waals surface area contributed by atoms with Gasteiger partial charge in [0.15, 0.2) is 6.10 Å². The maximum absolute atomic E-state index is 12.6. The van der Waals surface area contributed by atoms with Gasteiger partial charge in [0, 0.05) is 30.8 Å². The summed E-state index contributed by atoms with van der Waals surface area (Å²) in [6.07, 6.45) is 2.94. The van der Waals surface area contributed by atoms with Crippen LogP contribution >= 0.6 is 0 Å². The molecule has 3 rings (SSSR count). The predicted octanol–water partition coefficient (Wildman–Crippen LogP) is 3.99. The van der Waals surface area contributed by atoms with Gasteiger partial charge in [-0.25, -0.2) is 4.79 Å². The van der Waals surface area contributed by atoms with Crippen LogP contribution in [0.1, 0.15) is 22.8 Å². The third kappa shape index (κ3) is 4.08. The summed E-state index contributed by atoms with van der Waals surface area (Å²) in [5, 5.41) is 0. The van der Waals surface area contributed by atoms with Crippen molar-refractivity contribution in [2.24, 2.45) is 0 Å². The number of para-hydroxylation sites is 1. The minimum absolute atomic E-state index is 0.285. The third-order valence-corrected chi connectivity index (χ3v) is 4.43. The fourth-order valence-corrected chi connectivity index (χ4v) is 2.84. The van der Waals surface area contributed by atoms with E-state index < -0.39 is 12.1 Å². The number of ether oxygens (including phenoxy) is 1. The number of rotatable bonds is 5.